The van der Waals surface area contributed by atoms with Crippen molar-refractivity contribution in [1.29, 1.82) is 0 Å². The zero-order valence-corrected chi connectivity index (χ0v) is 12.7. The van der Waals surface area contributed by atoms with Gasteiger partial charge in [-0.15, -0.1) is 0 Å². The van der Waals surface area contributed by atoms with Crippen LogP contribution >= 0.6 is 22.6 Å². The first-order chi connectivity index (χ1) is 10.6. The predicted octanol–water partition coefficient (Wildman–Crippen LogP) is 5.25. The standard InChI is InChI=1S/C16H8INO3/c17-14-9-5-1-2-6-10(9)16-13(15(14)18(19)20)11-7-3-4-8-12(11)21-16/h1-8H/i8D. The van der Waals surface area contributed by atoms with Crippen molar-refractivity contribution in [1.82, 2.24) is 0 Å². The average Bonchev–Trinajstić information content (AvgIpc) is 2.88. The van der Waals surface area contributed by atoms with E-state index < -0.39 is 0 Å². The second-order valence-corrected chi connectivity index (χ2v) is 5.76. The fraction of sp³-hybridized carbons (Fsp3) is 0. The van der Waals surface area contributed by atoms with Crippen LogP contribution in [0.3, 0.4) is 0 Å². The van der Waals surface area contributed by atoms with Crippen LogP contribution in [0, 0.1) is 13.7 Å². The highest BCUT2D eigenvalue weighted by atomic mass is 127. The number of furan rings is 1. The summed E-state index contributed by atoms with van der Waals surface area (Å²) in [5, 5.41) is 14.3. The monoisotopic (exact) mass is 390 g/mol. The summed E-state index contributed by atoms with van der Waals surface area (Å²) in [6.07, 6.45) is 0. The molecule has 4 aromatic rings. The Hall–Kier alpha value is -2.15. The van der Waals surface area contributed by atoms with Gasteiger partial charge in [-0.25, -0.2) is 0 Å². The maximum absolute atomic E-state index is 11.6. The summed E-state index contributed by atoms with van der Waals surface area (Å²) in [7, 11) is 0. The third kappa shape index (κ3) is 1.67. The van der Waals surface area contributed by atoms with Crippen LogP contribution in [0.1, 0.15) is 1.37 Å². The van der Waals surface area contributed by atoms with Crippen LogP contribution < -0.4 is 0 Å². The lowest BCUT2D eigenvalue weighted by Crippen LogP contribution is -1.94. The topological polar surface area (TPSA) is 56.3 Å². The van der Waals surface area contributed by atoms with Gasteiger partial charge in [0.1, 0.15) is 16.6 Å². The summed E-state index contributed by atoms with van der Waals surface area (Å²) >= 11 is 2.01. The van der Waals surface area contributed by atoms with E-state index in [2.05, 4.69) is 0 Å². The molecule has 5 heteroatoms. The number of benzene rings is 3. The van der Waals surface area contributed by atoms with Gasteiger partial charge >= 0.3 is 0 Å². The molecule has 0 saturated carbocycles. The first-order valence-electron chi connectivity index (χ1n) is 6.76. The first-order valence-corrected chi connectivity index (χ1v) is 7.34. The Labute approximate surface area is 134 Å². The van der Waals surface area contributed by atoms with Gasteiger partial charge in [0.25, 0.3) is 5.69 Å². The number of hydrogen-bond donors (Lipinski definition) is 0. The molecular weight excluding hydrogens is 381 g/mol. The van der Waals surface area contributed by atoms with E-state index >= 15 is 0 Å². The third-order valence-corrected chi connectivity index (χ3v) is 4.65. The molecule has 0 aliphatic carbocycles. The van der Waals surface area contributed by atoms with Crippen LogP contribution in [0.4, 0.5) is 5.69 Å². The summed E-state index contributed by atoms with van der Waals surface area (Å²) in [4.78, 5) is 11.2. The van der Waals surface area contributed by atoms with Crippen molar-refractivity contribution in [3.8, 4) is 0 Å². The lowest BCUT2D eigenvalue weighted by molar-refractivity contribution is -0.383. The smallest absolute Gasteiger partial charge is 0.294 e. The van der Waals surface area contributed by atoms with Crippen molar-refractivity contribution < 1.29 is 10.7 Å². The van der Waals surface area contributed by atoms with Gasteiger partial charge in [0.05, 0.1) is 9.86 Å². The largest absolute Gasteiger partial charge is 0.455 e. The zero-order valence-electron chi connectivity index (χ0n) is 11.6. The Bertz CT molecular complexity index is 1090. The molecule has 4 rings (SSSR count). The van der Waals surface area contributed by atoms with E-state index in [9.17, 15) is 10.1 Å². The molecular formula is C16H8INO3. The number of nitro benzene ring substituents is 1. The molecule has 0 N–H and O–H groups in total. The molecule has 0 unspecified atom stereocenters. The van der Waals surface area contributed by atoms with Crippen LogP contribution in [0.15, 0.2) is 52.9 Å². The quantitative estimate of drug-likeness (QED) is 0.253. The third-order valence-electron chi connectivity index (χ3n) is 3.55. The van der Waals surface area contributed by atoms with Crippen molar-refractivity contribution in [3.05, 3.63) is 62.2 Å². The van der Waals surface area contributed by atoms with E-state index in [-0.39, 0.29) is 16.7 Å². The fourth-order valence-corrected chi connectivity index (χ4v) is 3.62. The Morgan fingerprint density at radius 2 is 1.76 bits per heavy atom. The number of rotatable bonds is 1. The number of halogens is 1. The predicted molar refractivity (Wildman–Crippen MR) is 90.6 cm³/mol. The molecule has 0 amide bonds. The normalized spacial score (nSPS) is 12.1. The van der Waals surface area contributed by atoms with Crippen molar-refractivity contribution >= 4 is 61.0 Å². The number of para-hydroxylation sites is 1. The van der Waals surface area contributed by atoms with Crippen LogP contribution in [-0.2, 0) is 0 Å². The molecule has 21 heavy (non-hydrogen) atoms. The van der Waals surface area contributed by atoms with Crippen LogP contribution in [0.25, 0.3) is 32.7 Å². The van der Waals surface area contributed by atoms with E-state index in [0.29, 0.717) is 25.5 Å². The van der Waals surface area contributed by atoms with Gasteiger partial charge in [-0.3, -0.25) is 10.1 Å². The highest BCUT2D eigenvalue weighted by Gasteiger charge is 2.25. The molecule has 102 valence electrons. The SMILES string of the molecule is [2H]c1cccc2c1oc1c3ccccc3c(I)c([N+](=O)[O-])c21. The molecule has 1 aromatic heterocycles. The average molecular weight is 390 g/mol. The molecule has 1 heterocycles. The van der Waals surface area contributed by atoms with Gasteiger partial charge in [0.2, 0.25) is 0 Å². The molecule has 0 spiro atoms. The molecule has 0 atom stereocenters. The minimum Gasteiger partial charge on any atom is -0.455 e. The first kappa shape index (κ1) is 11.5. The van der Waals surface area contributed by atoms with Gasteiger partial charge in [-0.1, -0.05) is 42.5 Å². The highest BCUT2D eigenvalue weighted by molar-refractivity contribution is 14.1. The number of nitrogens with zero attached hydrogens (tertiary/aromatic N) is 1. The van der Waals surface area contributed by atoms with Gasteiger partial charge < -0.3 is 4.42 Å². The van der Waals surface area contributed by atoms with Gasteiger partial charge in [0.15, 0.2) is 0 Å². The second-order valence-electron chi connectivity index (χ2n) is 4.68. The van der Waals surface area contributed by atoms with Gasteiger partial charge in [0, 0.05) is 16.2 Å². The maximum Gasteiger partial charge on any atom is 0.294 e. The maximum atomic E-state index is 11.6. The van der Waals surface area contributed by atoms with Crippen LogP contribution in [-0.4, -0.2) is 4.92 Å². The summed E-state index contributed by atoms with van der Waals surface area (Å²) in [6.45, 7) is 0. The minimum absolute atomic E-state index is 0.0404. The Kier molecular flexibility index (Phi) is 2.42. The Morgan fingerprint density at radius 3 is 2.52 bits per heavy atom. The number of hydrogen-bond acceptors (Lipinski definition) is 3. The van der Waals surface area contributed by atoms with Crippen molar-refractivity contribution in [2.75, 3.05) is 0 Å². The molecule has 0 fully saturated rings. The molecule has 3 aromatic carbocycles. The number of nitro groups is 1. The molecule has 0 saturated heterocycles. The van der Waals surface area contributed by atoms with Crippen LogP contribution in [0.2, 0.25) is 0 Å². The van der Waals surface area contributed by atoms with Gasteiger partial charge in [-0.05, 0) is 28.6 Å². The second kappa shape index (κ2) is 4.42. The minimum atomic E-state index is -0.373. The van der Waals surface area contributed by atoms with Crippen molar-refractivity contribution in [2.45, 2.75) is 0 Å². The summed E-state index contributed by atoms with van der Waals surface area (Å²) in [5.74, 6) is 0. The summed E-state index contributed by atoms with van der Waals surface area (Å²) in [6, 6.07) is 12.8. The van der Waals surface area contributed by atoms with Crippen molar-refractivity contribution in [3.63, 3.8) is 0 Å². The van der Waals surface area contributed by atoms with E-state index in [1.54, 1.807) is 18.2 Å². The van der Waals surface area contributed by atoms with Crippen LogP contribution in [0.5, 0.6) is 0 Å². The van der Waals surface area contributed by atoms with E-state index in [1.165, 1.54) is 0 Å². The molecule has 0 aliphatic heterocycles. The molecule has 0 radical (unpaired) electrons. The lowest BCUT2D eigenvalue weighted by Gasteiger charge is -2.03. The number of fused-ring (bicyclic) bond motifs is 5. The van der Waals surface area contributed by atoms with Gasteiger partial charge in [-0.2, -0.15) is 0 Å². The van der Waals surface area contributed by atoms with Crippen molar-refractivity contribution in [2.24, 2.45) is 0 Å². The Morgan fingerprint density at radius 1 is 1.10 bits per heavy atom. The van der Waals surface area contributed by atoms with E-state index in [4.69, 9.17) is 5.79 Å². The van der Waals surface area contributed by atoms with E-state index in [0.717, 1.165) is 10.8 Å². The Balaban J connectivity index is 2.42. The molecule has 4 nitrogen and oxygen atoms in total. The lowest BCUT2D eigenvalue weighted by atomic mass is 10.0. The summed E-state index contributed by atoms with van der Waals surface area (Å²) < 4.78 is 14.4. The highest BCUT2D eigenvalue weighted by Crippen LogP contribution is 2.43. The molecule has 0 aliphatic rings. The zero-order chi connectivity index (χ0) is 15.4. The van der Waals surface area contributed by atoms with E-state index in [1.807, 2.05) is 46.9 Å². The summed E-state index contributed by atoms with van der Waals surface area (Å²) in [5.41, 5.74) is 0.892. The fourth-order valence-electron chi connectivity index (χ4n) is 2.68. The molecule has 0 bridgehead atoms.